The lowest BCUT2D eigenvalue weighted by Gasteiger charge is -2.15. The van der Waals surface area contributed by atoms with Crippen LogP contribution in [0.2, 0.25) is 0 Å². The fourth-order valence-electron chi connectivity index (χ4n) is 0.894. The molecule has 0 radical (unpaired) electrons. The molecule has 3 N–H and O–H groups in total. The normalized spacial score (nSPS) is 15.3. The van der Waals surface area contributed by atoms with Crippen molar-refractivity contribution in [2.24, 2.45) is 5.73 Å². The molecule has 0 aliphatic carbocycles. The Kier molecular flexibility index (Phi) is 5.72. The summed E-state index contributed by atoms with van der Waals surface area (Å²) in [5.41, 5.74) is 5.62. The number of hydrogen-bond acceptors (Lipinski definition) is 2. The number of amides is 1. The highest BCUT2D eigenvalue weighted by Gasteiger charge is 2.13. The molecule has 1 unspecified atom stereocenters. The molecule has 0 fully saturated rings. The van der Waals surface area contributed by atoms with E-state index in [1.54, 1.807) is 0 Å². The van der Waals surface area contributed by atoms with Crippen LogP contribution in [0.15, 0.2) is 0 Å². The zero-order valence-electron chi connectivity index (χ0n) is 8.26. The third-order valence-corrected chi connectivity index (χ3v) is 1.94. The van der Waals surface area contributed by atoms with Gasteiger partial charge in [0.25, 0.3) is 0 Å². The van der Waals surface area contributed by atoms with Crippen molar-refractivity contribution in [1.82, 2.24) is 5.32 Å². The van der Waals surface area contributed by atoms with Gasteiger partial charge in [0.05, 0.1) is 6.04 Å². The first-order valence-electron chi connectivity index (χ1n) is 4.67. The summed E-state index contributed by atoms with van der Waals surface area (Å²) in [6.45, 7) is 6.04. The number of hydrogen-bond donors (Lipinski definition) is 2. The highest BCUT2D eigenvalue weighted by molar-refractivity contribution is 5.81. The molecule has 3 nitrogen and oxygen atoms in total. The van der Waals surface area contributed by atoms with Crippen LogP contribution in [0.1, 0.15) is 40.0 Å². The van der Waals surface area contributed by atoms with Gasteiger partial charge in [0.1, 0.15) is 0 Å². The topological polar surface area (TPSA) is 55.1 Å². The van der Waals surface area contributed by atoms with Crippen LogP contribution in [0, 0.1) is 0 Å². The van der Waals surface area contributed by atoms with Gasteiger partial charge >= 0.3 is 0 Å². The minimum absolute atomic E-state index is 0.0220. The van der Waals surface area contributed by atoms with Gasteiger partial charge in [-0.1, -0.05) is 20.3 Å². The molecule has 3 heteroatoms. The van der Waals surface area contributed by atoms with Crippen molar-refractivity contribution >= 4 is 5.91 Å². The van der Waals surface area contributed by atoms with E-state index in [2.05, 4.69) is 5.32 Å². The lowest BCUT2D eigenvalue weighted by atomic mass is 10.1. The summed E-state index contributed by atoms with van der Waals surface area (Å²) in [5, 5.41) is 2.85. The number of nitrogens with one attached hydrogen (secondary N) is 1. The zero-order chi connectivity index (χ0) is 9.56. The molecule has 12 heavy (non-hydrogen) atoms. The van der Waals surface area contributed by atoms with Crippen molar-refractivity contribution in [2.45, 2.75) is 52.1 Å². The van der Waals surface area contributed by atoms with Crippen molar-refractivity contribution in [2.75, 3.05) is 0 Å². The number of nitrogens with two attached hydrogens (primary N) is 1. The van der Waals surface area contributed by atoms with E-state index < -0.39 is 0 Å². The fourth-order valence-corrected chi connectivity index (χ4v) is 0.894. The van der Waals surface area contributed by atoms with Crippen LogP contribution in [0.3, 0.4) is 0 Å². The zero-order valence-corrected chi connectivity index (χ0v) is 8.26. The second-order valence-corrected chi connectivity index (χ2v) is 3.21. The number of carbonyl (C=O) groups is 1. The Bertz CT molecular complexity index is 136. The Morgan fingerprint density at radius 3 is 2.50 bits per heavy atom. The highest BCUT2D eigenvalue weighted by Crippen LogP contribution is 1.95. The summed E-state index contributed by atoms with van der Waals surface area (Å²) in [6, 6.07) is -0.0931. The molecular weight excluding hydrogens is 152 g/mol. The smallest absolute Gasteiger partial charge is 0.237 e. The predicted octanol–water partition coefficient (Wildman–Crippen LogP) is 1.03. The van der Waals surface area contributed by atoms with Gasteiger partial charge < -0.3 is 11.1 Å². The summed E-state index contributed by atoms with van der Waals surface area (Å²) in [6.07, 6.45) is 2.67. The molecule has 0 aromatic rings. The first-order valence-corrected chi connectivity index (χ1v) is 4.67. The largest absolute Gasteiger partial charge is 0.352 e. The minimum atomic E-state index is -0.330. The maximum absolute atomic E-state index is 11.3. The molecule has 0 aromatic heterocycles. The van der Waals surface area contributed by atoms with Gasteiger partial charge in [0.15, 0.2) is 0 Å². The summed E-state index contributed by atoms with van der Waals surface area (Å²) >= 11 is 0. The van der Waals surface area contributed by atoms with Gasteiger partial charge in [-0.25, -0.2) is 0 Å². The summed E-state index contributed by atoms with van der Waals surface area (Å²) in [7, 11) is 0. The Labute approximate surface area is 74.7 Å². The third kappa shape index (κ3) is 4.34. The number of rotatable bonds is 5. The average molecular weight is 172 g/mol. The van der Waals surface area contributed by atoms with E-state index in [9.17, 15) is 4.79 Å². The molecule has 0 heterocycles. The lowest BCUT2D eigenvalue weighted by Crippen LogP contribution is -2.44. The van der Waals surface area contributed by atoms with Crippen molar-refractivity contribution in [1.29, 1.82) is 0 Å². The van der Waals surface area contributed by atoms with E-state index in [1.807, 2.05) is 20.8 Å². The van der Waals surface area contributed by atoms with Gasteiger partial charge in [-0.05, 0) is 19.8 Å². The van der Waals surface area contributed by atoms with E-state index in [1.165, 1.54) is 0 Å². The monoisotopic (exact) mass is 172 g/mol. The lowest BCUT2D eigenvalue weighted by molar-refractivity contribution is -0.123. The van der Waals surface area contributed by atoms with Crippen molar-refractivity contribution in [3.63, 3.8) is 0 Å². The Hall–Kier alpha value is -0.570. The van der Waals surface area contributed by atoms with Crippen LogP contribution in [-0.4, -0.2) is 18.0 Å². The highest BCUT2D eigenvalue weighted by atomic mass is 16.2. The second-order valence-electron chi connectivity index (χ2n) is 3.21. The SMILES string of the molecule is CCC[C@H](N)C(=O)NC(C)CC. The van der Waals surface area contributed by atoms with E-state index >= 15 is 0 Å². The van der Waals surface area contributed by atoms with Gasteiger partial charge in [-0.3, -0.25) is 4.79 Å². The maximum Gasteiger partial charge on any atom is 0.237 e. The molecule has 0 rings (SSSR count). The second kappa shape index (κ2) is 6.00. The van der Waals surface area contributed by atoms with E-state index in [0.717, 1.165) is 19.3 Å². The van der Waals surface area contributed by atoms with Crippen LogP contribution in [0.25, 0.3) is 0 Å². The van der Waals surface area contributed by atoms with Crippen LogP contribution in [-0.2, 0) is 4.79 Å². The quantitative estimate of drug-likeness (QED) is 0.650. The van der Waals surface area contributed by atoms with Crippen molar-refractivity contribution in [3.8, 4) is 0 Å². The van der Waals surface area contributed by atoms with E-state index in [4.69, 9.17) is 5.73 Å². The van der Waals surface area contributed by atoms with E-state index in [0.29, 0.717) is 0 Å². The molecule has 0 aliphatic heterocycles. The Balaban J connectivity index is 3.70. The van der Waals surface area contributed by atoms with Gasteiger partial charge in [-0.15, -0.1) is 0 Å². The molecule has 2 atom stereocenters. The van der Waals surface area contributed by atoms with Gasteiger partial charge in [0, 0.05) is 6.04 Å². The molecule has 0 spiro atoms. The molecule has 0 bridgehead atoms. The standard InChI is InChI=1S/C9H20N2O/c1-4-6-8(10)9(12)11-7(3)5-2/h7-8H,4-6,10H2,1-3H3,(H,11,12)/t7?,8-/m0/s1. The summed E-state index contributed by atoms with van der Waals surface area (Å²) in [5.74, 6) is -0.0220. The summed E-state index contributed by atoms with van der Waals surface area (Å²) in [4.78, 5) is 11.3. The molecular formula is C9H20N2O. The predicted molar refractivity (Wildman–Crippen MR) is 50.8 cm³/mol. The van der Waals surface area contributed by atoms with Crippen LogP contribution in [0.4, 0.5) is 0 Å². The Morgan fingerprint density at radius 2 is 2.08 bits per heavy atom. The van der Waals surface area contributed by atoms with Crippen LogP contribution in [0.5, 0.6) is 0 Å². The minimum Gasteiger partial charge on any atom is -0.352 e. The first kappa shape index (κ1) is 11.4. The molecule has 0 aliphatic rings. The van der Waals surface area contributed by atoms with Crippen LogP contribution >= 0.6 is 0 Å². The van der Waals surface area contributed by atoms with Crippen molar-refractivity contribution in [3.05, 3.63) is 0 Å². The van der Waals surface area contributed by atoms with Gasteiger partial charge in [0.2, 0.25) is 5.91 Å². The molecule has 0 saturated carbocycles. The van der Waals surface area contributed by atoms with E-state index in [-0.39, 0.29) is 18.0 Å². The fraction of sp³-hybridized carbons (Fsp3) is 0.889. The molecule has 1 amide bonds. The number of carbonyl (C=O) groups excluding carboxylic acids is 1. The average Bonchev–Trinajstić information content (AvgIpc) is 2.04. The van der Waals surface area contributed by atoms with Crippen molar-refractivity contribution < 1.29 is 4.79 Å². The third-order valence-electron chi connectivity index (χ3n) is 1.94. The molecule has 0 saturated heterocycles. The Morgan fingerprint density at radius 1 is 1.50 bits per heavy atom. The van der Waals surface area contributed by atoms with Crippen LogP contribution < -0.4 is 11.1 Å². The molecule has 0 aromatic carbocycles. The summed E-state index contributed by atoms with van der Waals surface area (Å²) < 4.78 is 0. The molecule has 72 valence electrons. The maximum atomic E-state index is 11.3. The first-order chi connectivity index (χ1) is 5.61. The van der Waals surface area contributed by atoms with Gasteiger partial charge in [-0.2, -0.15) is 0 Å².